The van der Waals surface area contributed by atoms with Crippen molar-refractivity contribution in [3.63, 3.8) is 0 Å². The SMILES string of the molecule is CC1(C)C(Nc2cccc3c2CCCC3)C2CCCOC21. The fraction of sp³-hybridized carbons (Fsp3) is 0.684. The van der Waals surface area contributed by atoms with Gasteiger partial charge >= 0.3 is 0 Å². The van der Waals surface area contributed by atoms with Crippen LogP contribution in [-0.2, 0) is 17.6 Å². The molecule has 1 aromatic carbocycles. The van der Waals surface area contributed by atoms with Crippen LogP contribution in [0.3, 0.4) is 0 Å². The van der Waals surface area contributed by atoms with Gasteiger partial charge in [-0.2, -0.15) is 0 Å². The van der Waals surface area contributed by atoms with Crippen LogP contribution >= 0.6 is 0 Å². The Balaban J connectivity index is 1.59. The summed E-state index contributed by atoms with van der Waals surface area (Å²) in [5.74, 6) is 0.702. The number of benzene rings is 1. The molecule has 4 rings (SSSR count). The third kappa shape index (κ3) is 2.11. The van der Waals surface area contributed by atoms with Gasteiger partial charge in [0.1, 0.15) is 0 Å². The summed E-state index contributed by atoms with van der Waals surface area (Å²) in [6, 6.07) is 7.40. The lowest BCUT2D eigenvalue weighted by atomic mass is 9.55. The second-order valence-electron chi connectivity index (χ2n) is 7.69. The van der Waals surface area contributed by atoms with Gasteiger partial charge in [0, 0.05) is 29.7 Å². The van der Waals surface area contributed by atoms with Crippen LogP contribution in [0.1, 0.15) is 50.7 Å². The van der Waals surface area contributed by atoms with E-state index in [1.165, 1.54) is 44.2 Å². The first-order valence-corrected chi connectivity index (χ1v) is 8.67. The first-order valence-electron chi connectivity index (χ1n) is 8.67. The topological polar surface area (TPSA) is 21.3 Å². The lowest BCUT2D eigenvalue weighted by Gasteiger charge is -2.60. The largest absolute Gasteiger partial charge is 0.381 e. The zero-order chi connectivity index (χ0) is 14.4. The molecule has 2 nitrogen and oxygen atoms in total. The Hall–Kier alpha value is -1.02. The van der Waals surface area contributed by atoms with E-state index in [1.807, 2.05) is 0 Å². The number of aryl methyl sites for hydroxylation is 1. The number of fused-ring (bicyclic) bond motifs is 2. The molecule has 21 heavy (non-hydrogen) atoms. The van der Waals surface area contributed by atoms with Crippen molar-refractivity contribution in [2.75, 3.05) is 11.9 Å². The van der Waals surface area contributed by atoms with Gasteiger partial charge < -0.3 is 10.1 Å². The van der Waals surface area contributed by atoms with Crippen molar-refractivity contribution >= 4 is 5.69 Å². The minimum atomic E-state index is 0.252. The van der Waals surface area contributed by atoms with Gasteiger partial charge in [-0.1, -0.05) is 26.0 Å². The third-order valence-corrected chi connectivity index (χ3v) is 6.04. The van der Waals surface area contributed by atoms with Crippen molar-refractivity contribution in [1.82, 2.24) is 0 Å². The summed E-state index contributed by atoms with van der Waals surface area (Å²) in [6.07, 6.45) is 8.20. The van der Waals surface area contributed by atoms with E-state index in [9.17, 15) is 0 Å². The molecule has 0 aromatic heterocycles. The molecule has 0 amide bonds. The molecular weight excluding hydrogens is 258 g/mol. The van der Waals surface area contributed by atoms with Crippen LogP contribution in [0.4, 0.5) is 5.69 Å². The van der Waals surface area contributed by atoms with Crippen LogP contribution in [0.5, 0.6) is 0 Å². The maximum Gasteiger partial charge on any atom is 0.0693 e. The molecule has 1 aromatic rings. The van der Waals surface area contributed by atoms with E-state index in [4.69, 9.17) is 4.74 Å². The zero-order valence-electron chi connectivity index (χ0n) is 13.3. The molecule has 3 aliphatic rings. The highest BCUT2D eigenvalue weighted by atomic mass is 16.5. The molecule has 114 valence electrons. The van der Waals surface area contributed by atoms with Crippen LogP contribution in [0.2, 0.25) is 0 Å². The first kappa shape index (κ1) is 13.6. The van der Waals surface area contributed by atoms with Gasteiger partial charge in [-0.3, -0.25) is 0 Å². The lowest BCUT2D eigenvalue weighted by molar-refractivity contribution is -0.177. The number of nitrogens with one attached hydrogen (secondary N) is 1. The number of rotatable bonds is 2. The molecule has 1 aliphatic heterocycles. The van der Waals surface area contributed by atoms with Gasteiger partial charge in [0.05, 0.1) is 6.10 Å². The molecule has 0 bridgehead atoms. The molecular formula is C19H27NO. The second-order valence-corrected chi connectivity index (χ2v) is 7.69. The third-order valence-electron chi connectivity index (χ3n) is 6.04. The Labute approximate surface area is 128 Å². The summed E-state index contributed by atoms with van der Waals surface area (Å²) >= 11 is 0. The van der Waals surface area contributed by atoms with Crippen molar-refractivity contribution in [1.29, 1.82) is 0 Å². The molecule has 1 N–H and O–H groups in total. The van der Waals surface area contributed by atoms with E-state index in [0.29, 0.717) is 18.1 Å². The van der Waals surface area contributed by atoms with Gasteiger partial charge in [0.15, 0.2) is 0 Å². The summed E-state index contributed by atoms with van der Waals surface area (Å²) in [7, 11) is 0. The minimum absolute atomic E-state index is 0.252. The number of hydrogen-bond donors (Lipinski definition) is 1. The highest BCUT2D eigenvalue weighted by molar-refractivity contribution is 5.57. The molecule has 1 saturated heterocycles. The van der Waals surface area contributed by atoms with Crippen molar-refractivity contribution in [2.24, 2.45) is 11.3 Å². The quantitative estimate of drug-likeness (QED) is 0.880. The van der Waals surface area contributed by atoms with Gasteiger partial charge in [-0.15, -0.1) is 0 Å². The Kier molecular flexibility index (Phi) is 3.25. The molecule has 2 aliphatic carbocycles. The molecule has 1 saturated carbocycles. The smallest absolute Gasteiger partial charge is 0.0693 e. The maximum absolute atomic E-state index is 6.03. The van der Waals surface area contributed by atoms with Crippen molar-refractivity contribution in [3.05, 3.63) is 29.3 Å². The van der Waals surface area contributed by atoms with E-state index in [2.05, 4.69) is 37.4 Å². The summed E-state index contributed by atoms with van der Waals surface area (Å²) in [6.45, 7) is 5.69. The lowest BCUT2D eigenvalue weighted by Crippen LogP contribution is -2.67. The fourth-order valence-corrected chi connectivity index (χ4v) is 4.90. The second kappa shape index (κ2) is 5.01. The predicted molar refractivity (Wildman–Crippen MR) is 86.7 cm³/mol. The van der Waals surface area contributed by atoms with Gasteiger partial charge in [0.2, 0.25) is 0 Å². The van der Waals surface area contributed by atoms with E-state index in [-0.39, 0.29) is 5.41 Å². The van der Waals surface area contributed by atoms with Crippen LogP contribution in [0, 0.1) is 11.3 Å². The first-order chi connectivity index (χ1) is 10.2. The summed E-state index contributed by atoms with van der Waals surface area (Å²) in [5, 5.41) is 3.92. The molecule has 2 heteroatoms. The molecule has 3 unspecified atom stereocenters. The standard InChI is InChI=1S/C19H27NO/c1-19(2)17(15-10-6-12-21-18(15)19)20-16-11-5-8-13-7-3-4-9-14(13)16/h5,8,11,15,17-18,20H,3-4,6-7,9-10,12H2,1-2H3. The van der Waals surface area contributed by atoms with E-state index >= 15 is 0 Å². The average Bonchev–Trinajstić information content (AvgIpc) is 2.52. The average molecular weight is 285 g/mol. The number of ether oxygens (including phenoxy) is 1. The van der Waals surface area contributed by atoms with Gasteiger partial charge in [-0.25, -0.2) is 0 Å². The minimum Gasteiger partial charge on any atom is -0.381 e. The fourth-order valence-electron chi connectivity index (χ4n) is 4.90. The zero-order valence-corrected chi connectivity index (χ0v) is 13.3. The Morgan fingerprint density at radius 1 is 1.14 bits per heavy atom. The number of hydrogen-bond acceptors (Lipinski definition) is 2. The Bertz CT molecular complexity index is 536. The Morgan fingerprint density at radius 3 is 2.90 bits per heavy atom. The molecule has 1 heterocycles. The molecule has 3 atom stereocenters. The monoisotopic (exact) mass is 285 g/mol. The normalized spacial score (nSPS) is 33.5. The summed E-state index contributed by atoms with van der Waals surface area (Å²) < 4.78 is 6.03. The van der Waals surface area contributed by atoms with Crippen LogP contribution < -0.4 is 5.32 Å². The van der Waals surface area contributed by atoms with E-state index in [1.54, 1.807) is 11.1 Å². The highest BCUT2D eigenvalue weighted by Crippen LogP contribution is 2.52. The highest BCUT2D eigenvalue weighted by Gasteiger charge is 2.57. The molecule has 0 radical (unpaired) electrons. The molecule has 0 spiro atoms. The van der Waals surface area contributed by atoms with Gasteiger partial charge in [0.25, 0.3) is 0 Å². The van der Waals surface area contributed by atoms with Crippen molar-refractivity contribution in [2.45, 2.75) is 64.5 Å². The number of anilines is 1. The summed E-state index contributed by atoms with van der Waals surface area (Å²) in [5.41, 5.74) is 4.80. The van der Waals surface area contributed by atoms with E-state index in [0.717, 1.165) is 6.61 Å². The van der Waals surface area contributed by atoms with Gasteiger partial charge in [-0.05, 0) is 55.7 Å². The summed E-state index contributed by atoms with van der Waals surface area (Å²) in [4.78, 5) is 0. The Morgan fingerprint density at radius 2 is 2.00 bits per heavy atom. The van der Waals surface area contributed by atoms with Crippen molar-refractivity contribution in [3.8, 4) is 0 Å². The van der Waals surface area contributed by atoms with Crippen LogP contribution in [0.15, 0.2) is 18.2 Å². The van der Waals surface area contributed by atoms with E-state index < -0.39 is 0 Å². The molecule has 2 fully saturated rings. The predicted octanol–water partition coefficient (Wildman–Crippen LogP) is 4.18. The van der Waals surface area contributed by atoms with Crippen LogP contribution in [0.25, 0.3) is 0 Å². The maximum atomic E-state index is 6.03. The van der Waals surface area contributed by atoms with Crippen LogP contribution in [-0.4, -0.2) is 18.8 Å². The van der Waals surface area contributed by atoms with Crippen molar-refractivity contribution < 1.29 is 4.74 Å².